The molecule has 0 aromatic carbocycles. The van der Waals surface area contributed by atoms with Crippen molar-refractivity contribution in [3.8, 4) is 5.82 Å². The molecule has 2 aromatic rings. The van der Waals surface area contributed by atoms with E-state index in [4.69, 9.17) is 5.73 Å². The highest BCUT2D eigenvalue weighted by atomic mass is 15.3. The number of nitrogen functional groups attached to an aromatic ring is 1. The van der Waals surface area contributed by atoms with Crippen LogP contribution in [-0.2, 0) is 26.3 Å². The van der Waals surface area contributed by atoms with Crippen LogP contribution in [0, 0.1) is 0 Å². The van der Waals surface area contributed by atoms with Crippen molar-refractivity contribution in [1.29, 1.82) is 0 Å². The third-order valence-corrected chi connectivity index (χ3v) is 3.72. The molecular weight excluding hydrogens is 226 g/mol. The Morgan fingerprint density at radius 1 is 1.33 bits per heavy atom. The normalized spacial score (nSPS) is 14.8. The molecule has 0 aliphatic heterocycles. The van der Waals surface area contributed by atoms with Crippen LogP contribution in [0.5, 0.6) is 0 Å². The van der Waals surface area contributed by atoms with Gasteiger partial charge in [0.1, 0.15) is 6.33 Å². The van der Waals surface area contributed by atoms with Gasteiger partial charge in [0.25, 0.3) is 0 Å². The average Bonchev–Trinajstić information content (AvgIpc) is 2.91. The van der Waals surface area contributed by atoms with Crippen molar-refractivity contribution in [3.63, 3.8) is 0 Å². The fourth-order valence-electron chi connectivity index (χ4n) is 2.78. The number of hydrogen-bond donors (Lipinski definition) is 1. The van der Waals surface area contributed by atoms with E-state index in [0.717, 1.165) is 36.5 Å². The van der Waals surface area contributed by atoms with Gasteiger partial charge in [-0.25, -0.2) is 9.67 Å². The summed E-state index contributed by atoms with van der Waals surface area (Å²) in [6.07, 6.45) is 7.39. The Hall–Kier alpha value is -1.78. The van der Waals surface area contributed by atoms with E-state index < -0.39 is 0 Å². The maximum atomic E-state index is 6.21. The number of aromatic nitrogens is 4. The summed E-state index contributed by atoms with van der Waals surface area (Å²) in [5.41, 5.74) is 10.5. The summed E-state index contributed by atoms with van der Waals surface area (Å²) >= 11 is 0. The average molecular weight is 245 g/mol. The summed E-state index contributed by atoms with van der Waals surface area (Å²) in [5.74, 6) is 0.961. The molecule has 0 amide bonds. The molecule has 18 heavy (non-hydrogen) atoms. The summed E-state index contributed by atoms with van der Waals surface area (Å²) in [7, 11) is 1.94. The minimum absolute atomic E-state index is 0.783. The van der Waals surface area contributed by atoms with E-state index in [1.165, 1.54) is 24.2 Å². The molecule has 0 fully saturated rings. The van der Waals surface area contributed by atoms with Crippen molar-refractivity contribution < 1.29 is 0 Å². The second-order valence-electron chi connectivity index (χ2n) is 4.88. The van der Waals surface area contributed by atoms with E-state index in [1.807, 2.05) is 18.1 Å². The van der Waals surface area contributed by atoms with E-state index in [-0.39, 0.29) is 0 Å². The van der Waals surface area contributed by atoms with Crippen LogP contribution in [0.1, 0.15) is 36.8 Å². The molecule has 0 unspecified atom stereocenters. The molecule has 1 aliphatic rings. The molecule has 2 heterocycles. The minimum Gasteiger partial charge on any atom is -0.394 e. The molecule has 5 heteroatoms. The zero-order valence-corrected chi connectivity index (χ0v) is 11.0. The quantitative estimate of drug-likeness (QED) is 0.874. The maximum Gasteiger partial charge on any atom is 0.160 e. The largest absolute Gasteiger partial charge is 0.394 e. The van der Waals surface area contributed by atoms with Gasteiger partial charge < -0.3 is 5.73 Å². The number of hydrogen-bond acceptors (Lipinski definition) is 3. The van der Waals surface area contributed by atoms with Gasteiger partial charge in [-0.3, -0.25) is 4.57 Å². The number of aryl methyl sites for hydroxylation is 3. The van der Waals surface area contributed by atoms with Gasteiger partial charge in [-0.15, -0.1) is 0 Å². The van der Waals surface area contributed by atoms with Gasteiger partial charge in [0.2, 0.25) is 0 Å². The summed E-state index contributed by atoms with van der Waals surface area (Å²) in [6, 6.07) is 0. The number of rotatable bonds is 2. The predicted octanol–water partition coefficient (Wildman–Crippen LogP) is 1.63. The second kappa shape index (κ2) is 4.15. The van der Waals surface area contributed by atoms with Crippen molar-refractivity contribution in [2.24, 2.45) is 7.05 Å². The molecule has 0 bridgehead atoms. The monoisotopic (exact) mass is 245 g/mol. The van der Waals surface area contributed by atoms with Gasteiger partial charge in [0, 0.05) is 12.7 Å². The third-order valence-electron chi connectivity index (χ3n) is 3.72. The highest BCUT2D eigenvalue weighted by Crippen LogP contribution is 2.27. The lowest BCUT2D eigenvalue weighted by Gasteiger charge is -2.14. The Bertz CT molecular complexity index is 578. The Morgan fingerprint density at radius 3 is 2.83 bits per heavy atom. The first-order chi connectivity index (χ1) is 8.72. The van der Waals surface area contributed by atoms with E-state index in [1.54, 1.807) is 0 Å². The third kappa shape index (κ3) is 1.54. The van der Waals surface area contributed by atoms with Crippen molar-refractivity contribution in [1.82, 2.24) is 19.3 Å². The molecule has 0 atom stereocenters. The Balaban J connectivity index is 2.15. The molecule has 5 nitrogen and oxygen atoms in total. The Kier molecular flexibility index (Phi) is 2.61. The van der Waals surface area contributed by atoms with Crippen molar-refractivity contribution in [3.05, 3.63) is 23.4 Å². The molecule has 2 aromatic heterocycles. The van der Waals surface area contributed by atoms with Crippen molar-refractivity contribution in [2.75, 3.05) is 5.73 Å². The number of anilines is 1. The number of nitrogens with zero attached hydrogens (tertiary/aromatic N) is 4. The lowest BCUT2D eigenvalue weighted by Crippen LogP contribution is -2.11. The van der Waals surface area contributed by atoms with Gasteiger partial charge in [0.15, 0.2) is 5.82 Å². The number of fused-ring (bicyclic) bond motifs is 1. The van der Waals surface area contributed by atoms with Gasteiger partial charge in [-0.2, -0.15) is 5.10 Å². The van der Waals surface area contributed by atoms with Crippen LogP contribution >= 0.6 is 0 Å². The van der Waals surface area contributed by atoms with Crippen LogP contribution in [-0.4, -0.2) is 19.3 Å². The first kappa shape index (κ1) is 11.3. The molecule has 1 aliphatic carbocycles. The van der Waals surface area contributed by atoms with Crippen LogP contribution in [0.25, 0.3) is 5.82 Å². The van der Waals surface area contributed by atoms with Crippen LogP contribution in [0.2, 0.25) is 0 Å². The number of imidazole rings is 1. The van der Waals surface area contributed by atoms with E-state index in [2.05, 4.69) is 21.6 Å². The molecule has 0 spiro atoms. The van der Waals surface area contributed by atoms with E-state index >= 15 is 0 Å². The van der Waals surface area contributed by atoms with Crippen LogP contribution in [0.3, 0.4) is 0 Å². The van der Waals surface area contributed by atoms with Gasteiger partial charge in [-0.1, -0.05) is 6.92 Å². The van der Waals surface area contributed by atoms with E-state index in [9.17, 15) is 0 Å². The summed E-state index contributed by atoms with van der Waals surface area (Å²) in [6.45, 7) is 2.08. The van der Waals surface area contributed by atoms with Gasteiger partial charge in [-0.05, 0) is 32.1 Å². The maximum absolute atomic E-state index is 6.21. The highest BCUT2D eigenvalue weighted by molar-refractivity contribution is 5.58. The molecule has 96 valence electrons. The highest BCUT2D eigenvalue weighted by Gasteiger charge is 2.20. The first-order valence-electron chi connectivity index (χ1n) is 6.59. The molecule has 2 N–H and O–H groups in total. The van der Waals surface area contributed by atoms with Crippen molar-refractivity contribution in [2.45, 2.75) is 39.0 Å². The molecule has 0 radical (unpaired) electrons. The smallest absolute Gasteiger partial charge is 0.160 e. The van der Waals surface area contributed by atoms with Crippen LogP contribution in [0.15, 0.2) is 6.33 Å². The van der Waals surface area contributed by atoms with Gasteiger partial charge >= 0.3 is 0 Å². The van der Waals surface area contributed by atoms with E-state index in [0.29, 0.717) is 0 Å². The van der Waals surface area contributed by atoms with Crippen molar-refractivity contribution >= 4 is 5.69 Å². The van der Waals surface area contributed by atoms with Gasteiger partial charge in [0.05, 0.1) is 17.1 Å². The Labute approximate surface area is 107 Å². The lowest BCUT2D eigenvalue weighted by atomic mass is 10.0. The minimum atomic E-state index is 0.783. The predicted molar refractivity (Wildman–Crippen MR) is 70.8 cm³/mol. The first-order valence-corrected chi connectivity index (χ1v) is 6.59. The zero-order valence-electron chi connectivity index (χ0n) is 11.0. The SMILES string of the molecule is CCc1nn(C)c(-n2cnc3c2CCCC3)c1N. The summed E-state index contributed by atoms with van der Waals surface area (Å²) < 4.78 is 3.99. The zero-order chi connectivity index (χ0) is 12.7. The lowest BCUT2D eigenvalue weighted by molar-refractivity contribution is 0.642. The summed E-state index contributed by atoms with van der Waals surface area (Å²) in [4.78, 5) is 4.52. The number of nitrogens with two attached hydrogens (primary N) is 1. The molecule has 0 saturated heterocycles. The van der Waals surface area contributed by atoms with Crippen LogP contribution < -0.4 is 5.73 Å². The molecule has 3 rings (SSSR count). The Morgan fingerprint density at radius 2 is 2.11 bits per heavy atom. The molecule has 0 saturated carbocycles. The standard InChI is InChI=1S/C13H19N5/c1-3-9-12(14)13(17(2)16-9)18-8-15-10-6-4-5-7-11(10)18/h8H,3-7,14H2,1-2H3. The fraction of sp³-hybridized carbons (Fsp3) is 0.538. The van der Waals surface area contributed by atoms with Crippen LogP contribution in [0.4, 0.5) is 5.69 Å². The summed E-state index contributed by atoms with van der Waals surface area (Å²) in [5, 5.41) is 4.48. The second-order valence-corrected chi connectivity index (χ2v) is 4.88. The fourth-order valence-corrected chi connectivity index (χ4v) is 2.78. The topological polar surface area (TPSA) is 61.7 Å². The molecular formula is C13H19N5.